The van der Waals surface area contributed by atoms with E-state index in [1.165, 1.54) is 0 Å². The van der Waals surface area contributed by atoms with Gasteiger partial charge in [-0.25, -0.2) is 9.78 Å². The van der Waals surface area contributed by atoms with E-state index in [4.69, 9.17) is 10.5 Å². The predicted molar refractivity (Wildman–Crippen MR) is 86.3 cm³/mol. The third-order valence-electron chi connectivity index (χ3n) is 4.16. The molecule has 122 valence electrons. The van der Waals surface area contributed by atoms with Gasteiger partial charge in [0, 0.05) is 31.9 Å². The lowest BCUT2D eigenvalue weighted by molar-refractivity contribution is 0.0830. The van der Waals surface area contributed by atoms with Crippen molar-refractivity contribution in [2.75, 3.05) is 25.4 Å². The number of anilines is 1. The number of carbonyl (C=O) groups excluding carboxylic acids is 1. The van der Waals surface area contributed by atoms with Crippen LogP contribution in [0.25, 0.3) is 0 Å². The van der Waals surface area contributed by atoms with E-state index >= 15 is 0 Å². The summed E-state index contributed by atoms with van der Waals surface area (Å²) in [5.41, 5.74) is 6.81. The summed E-state index contributed by atoms with van der Waals surface area (Å²) in [6, 6.07) is 4.17. The van der Waals surface area contributed by atoms with E-state index in [1.807, 2.05) is 24.0 Å². The number of nitrogen functional groups attached to an aromatic ring is 1. The van der Waals surface area contributed by atoms with Gasteiger partial charge in [-0.1, -0.05) is 0 Å². The first-order chi connectivity index (χ1) is 10.6. The highest BCUT2D eigenvalue weighted by Gasteiger charge is 2.27. The second-order valence-corrected chi connectivity index (χ2v) is 5.81. The summed E-state index contributed by atoms with van der Waals surface area (Å²) >= 11 is 0. The molecule has 0 aliphatic carbocycles. The number of pyridine rings is 1. The van der Waals surface area contributed by atoms with Crippen molar-refractivity contribution in [3.63, 3.8) is 0 Å². The molecule has 1 aliphatic rings. The van der Waals surface area contributed by atoms with Crippen molar-refractivity contribution >= 4 is 11.9 Å². The molecule has 6 nitrogen and oxygen atoms in total. The number of hydrogen-bond donors (Lipinski definition) is 2. The largest absolute Gasteiger partial charge is 0.450 e. The number of nitrogens with zero attached hydrogens (tertiary/aromatic N) is 2. The minimum Gasteiger partial charge on any atom is -0.450 e. The van der Waals surface area contributed by atoms with Crippen LogP contribution in [-0.2, 0) is 11.3 Å². The molecule has 1 aromatic rings. The molecule has 0 unspecified atom stereocenters. The zero-order valence-electron chi connectivity index (χ0n) is 13.4. The fraction of sp³-hybridized carbons (Fsp3) is 0.625. The Morgan fingerprint density at radius 3 is 3.18 bits per heavy atom. The quantitative estimate of drug-likeness (QED) is 0.870. The van der Waals surface area contributed by atoms with E-state index in [1.54, 1.807) is 6.20 Å². The van der Waals surface area contributed by atoms with Gasteiger partial charge < -0.3 is 20.7 Å². The molecule has 0 aromatic carbocycles. The molecule has 2 atom stereocenters. The topological polar surface area (TPSA) is 80.5 Å². The first-order valence-electron chi connectivity index (χ1n) is 7.95. The van der Waals surface area contributed by atoms with Gasteiger partial charge in [0.15, 0.2) is 0 Å². The van der Waals surface area contributed by atoms with Crippen LogP contribution in [0.15, 0.2) is 18.3 Å². The van der Waals surface area contributed by atoms with Gasteiger partial charge in [-0.05, 0) is 50.3 Å². The van der Waals surface area contributed by atoms with E-state index in [2.05, 4.69) is 17.2 Å². The molecule has 0 radical (unpaired) electrons. The van der Waals surface area contributed by atoms with Crippen molar-refractivity contribution in [3.8, 4) is 0 Å². The lowest BCUT2D eigenvalue weighted by Gasteiger charge is -2.35. The monoisotopic (exact) mass is 306 g/mol. The van der Waals surface area contributed by atoms with Crippen molar-refractivity contribution in [2.24, 2.45) is 5.92 Å². The van der Waals surface area contributed by atoms with Crippen LogP contribution in [0.5, 0.6) is 0 Å². The zero-order chi connectivity index (χ0) is 15.9. The highest BCUT2D eigenvalue weighted by Crippen LogP contribution is 2.20. The van der Waals surface area contributed by atoms with Crippen LogP contribution in [0.4, 0.5) is 10.6 Å². The first kappa shape index (κ1) is 16.5. The van der Waals surface area contributed by atoms with E-state index < -0.39 is 0 Å². The van der Waals surface area contributed by atoms with Crippen LogP contribution in [-0.4, -0.2) is 41.7 Å². The molecule has 2 heterocycles. The van der Waals surface area contributed by atoms with Gasteiger partial charge in [-0.3, -0.25) is 0 Å². The van der Waals surface area contributed by atoms with Gasteiger partial charge >= 0.3 is 6.09 Å². The smallest absolute Gasteiger partial charge is 0.409 e. The molecular weight excluding hydrogens is 280 g/mol. The highest BCUT2D eigenvalue weighted by molar-refractivity contribution is 5.67. The number of hydrogen-bond acceptors (Lipinski definition) is 5. The summed E-state index contributed by atoms with van der Waals surface area (Å²) in [4.78, 5) is 17.7. The molecule has 0 spiro atoms. The SMILES string of the molecule is CCOC(=O)N1CCC[C@@H]([C@@H](C)NCc2ccnc(N)c2)C1. The van der Waals surface area contributed by atoms with Gasteiger partial charge in [0.2, 0.25) is 0 Å². The van der Waals surface area contributed by atoms with Crippen LogP contribution < -0.4 is 11.1 Å². The van der Waals surface area contributed by atoms with Crippen LogP contribution >= 0.6 is 0 Å². The molecule has 2 rings (SSSR count). The predicted octanol–water partition coefficient (Wildman–Crippen LogP) is 2.01. The number of nitrogens with two attached hydrogens (primary N) is 1. The summed E-state index contributed by atoms with van der Waals surface area (Å²) in [7, 11) is 0. The van der Waals surface area contributed by atoms with Crippen molar-refractivity contribution < 1.29 is 9.53 Å². The lowest BCUT2D eigenvalue weighted by atomic mass is 9.91. The Labute approximate surface area is 132 Å². The standard InChI is InChI=1S/C16H26N4O2/c1-3-22-16(21)20-8-4-5-14(11-20)12(2)19-10-13-6-7-18-15(17)9-13/h6-7,9,12,14,19H,3-5,8,10-11H2,1-2H3,(H2,17,18)/t12-,14-/m1/s1. The van der Waals surface area contributed by atoms with Crippen LogP contribution in [0.3, 0.4) is 0 Å². The molecule has 3 N–H and O–H groups in total. The van der Waals surface area contributed by atoms with E-state index in [0.717, 1.165) is 38.0 Å². The van der Waals surface area contributed by atoms with Gasteiger partial charge in [-0.2, -0.15) is 0 Å². The second kappa shape index (κ2) is 7.98. The fourth-order valence-electron chi connectivity index (χ4n) is 2.85. The Bertz CT molecular complexity index is 495. The summed E-state index contributed by atoms with van der Waals surface area (Å²) in [6.07, 6.45) is 3.68. The van der Waals surface area contributed by atoms with Crippen molar-refractivity contribution in [1.29, 1.82) is 0 Å². The third-order valence-corrected chi connectivity index (χ3v) is 4.16. The fourth-order valence-corrected chi connectivity index (χ4v) is 2.85. The maximum absolute atomic E-state index is 11.8. The molecule has 1 saturated heterocycles. The van der Waals surface area contributed by atoms with Gasteiger partial charge in [0.1, 0.15) is 5.82 Å². The Kier molecular flexibility index (Phi) is 6.00. The number of likely N-dealkylation sites (tertiary alicyclic amines) is 1. The minimum atomic E-state index is -0.193. The van der Waals surface area contributed by atoms with Crippen LogP contribution in [0.1, 0.15) is 32.3 Å². The van der Waals surface area contributed by atoms with Gasteiger partial charge in [0.25, 0.3) is 0 Å². The van der Waals surface area contributed by atoms with E-state index in [-0.39, 0.29) is 6.09 Å². The Morgan fingerprint density at radius 1 is 1.64 bits per heavy atom. The minimum absolute atomic E-state index is 0.193. The lowest BCUT2D eigenvalue weighted by Crippen LogP contribution is -2.46. The van der Waals surface area contributed by atoms with Crippen LogP contribution in [0, 0.1) is 5.92 Å². The molecule has 1 aliphatic heterocycles. The van der Waals surface area contributed by atoms with Crippen molar-refractivity contribution in [2.45, 2.75) is 39.3 Å². The zero-order valence-corrected chi connectivity index (χ0v) is 13.4. The number of nitrogens with one attached hydrogen (secondary N) is 1. The average Bonchev–Trinajstić information content (AvgIpc) is 2.53. The summed E-state index contributed by atoms with van der Waals surface area (Å²) in [6.45, 7) is 6.74. The van der Waals surface area contributed by atoms with Crippen molar-refractivity contribution in [1.82, 2.24) is 15.2 Å². The number of rotatable bonds is 5. The second-order valence-electron chi connectivity index (χ2n) is 5.81. The molecule has 0 bridgehead atoms. The number of carbonyl (C=O) groups is 1. The average molecular weight is 306 g/mol. The summed E-state index contributed by atoms with van der Waals surface area (Å²) < 4.78 is 5.10. The number of aromatic nitrogens is 1. The third kappa shape index (κ3) is 4.59. The van der Waals surface area contributed by atoms with E-state index in [0.29, 0.717) is 24.4 Å². The van der Waals surface area contributed by atoms with E-state index in [9.17, 15) is 4.79 Å². The summed E-state index contributed by atoms with van der Waals surface area (Å²) in [5, 5.41) is 3.53. The first-order valence-corrected chi connectivity index (χ1v) is 7.95. The van der Waals surface area contributed by atoms with Gasteiger partial charge in [-0.15, -0.1) is 0 Å². The maximum Gasteiger partial charge on any atom is 0.409 e. The number of ether oxygens (including phenoxy) is 1. The molecule has 0 saturated carbocycles. The highest BCUT2D eigenvalue weighted by atomic mass is 16.6. The molecular formula is C16H26N4O2. The Balaban J connectivity index is 1.83. The molecule has 1 fully saturated rings. The molecule has 6 heteroatoms. The van der Waals surface area contributed by atoms with Crippen LogP contribution in [0.2, 0.25) is 0 Å². The molecule has 1 amide bonds. The van der Waals surface area contributed by atoms with Crippen molar-refractivity contribution in [3.05, 3.63) is 23.9 Å². The molecule has 22 heavy (non-hydrogen) atoms. The maximum atomic E-state index is 11.8. The molecule has 1 aromatic heterocycles. The Hall–Kier alpha value is -1.82. The normalized spacial score (nSPS) is 19.7. The number of piperidine rings is 1. The Morgan fingerprint density at radius 2 is 2.45 bits per heavy atom. The van der Waals surface area contributed by atoms with Gasteiger partial charge in [0.05, 0.1) is 6.61 Å². The number of amides is 1. The summed E-state index contributed by atoms with van der Waals surface area (Å²) in [5.74, 6) is 0.982.